The number of aliphatic carboxylic acids is 1. The summed E-state index contributed by atoms with van der Waals surface area (Å²) < 4.78 is 0. The summed E-state index contributed by atoms with van der Waals surface area (Å²) in [6.45, 7) is 0. The minimum absolute atomic E-state index is 0.0116. The molecule has 0 radical (unpaired) electrons. The van der Waals surface area contributed by atoms with Gasteiger partial charge in [0.05, 0.1) is 5.92 Å². The Labute approximate surface area is 138 Å². The minimum atomic E-state index is -0.778. The number of thiophene rings is 1. The van der Waals surface area contributed by atoms with Gasteiger partial charge in [0.1, 0.15) is 5.25 Å². The number of thioether (sulfide) groups is 1. The van der Waals surface area contributed by atoms with Gasteiger partial charge in [0, 0.05) is 10.9 Å². The first-order valence-electron chi connectivity index (χ1n) is 7.88. The number of rotatable bonds is 3. The summed E-state index contributed by atoms with van der Waals surface area (Å²) in [5.74, 6) is -0.275. The minimum Gasteiger partial charge on any atom is -0.481 e. The van der Waals surface area contributed by atoms with Crippen LogP contribution in [0.1, 0.15) is 47.8 Å². The number of carboxylic acids is 1. The molecule has 0 aromatic carbocycles. The molecule has 22 heavy (non-hydrogen) atoms. The molecule has 1 amide bonds. The van der Waals surface area contributed by atoms with Crippen LogP contribution in [0.25, 0.3) is 0 Å². The number of fused-ring (bicyclic) bond motifs is 1. The molecule has 3 atom stereocenters. The van der Waals surface area contributed by atoms with Crippen molar-refractivity contribution in [3.63, 3.8) is 0 Å². The Morgan fingerprint density at radius 1 is 1.23 bits per heavy atom. The third-order valence-corrected chi connectivity index (χ3v) is 6.81. The first-order chi connectivity index (χ1) is 10.7. The molecule has 2 N–H and O–H groups in total. The summed E-state index contributed by atoms with van der Waals surface area (Å²) in [6, 6.07) is 1.81. The van der Waals surface area contributed by atoms with Crippen LogP contribution in [0.4, 0.5) is 0 Å². The number of nitrogens with one attached hydrogen (secondary N) is 1. The van der Waals surface area contributed by atoms with Gasteiger partial charge in [0.2, 0.25) is 5.91 Å². The van der Waals surface area contributed by atoms with Crippen LogP contribution in [-0.4, -0.2) is 28.8 Å². The van der Waals surface area contributed by atoms with Crippen LogP contribution in [0.2, 0.25) is 0 Å². The topological polar surface area (TPSA) is 66.4 Å². The average molecular weight is 339 g/mol. The van der Waals surface area contributed by atoms with E-state index in [0.717, 1.165) is 43.4 Å². The second kappa shape index (κ2) is 7.04. The Morgan fingerprint density at radius 3 is 2.86 bits per heavy atom. The third-order valence-electron chi connectivity index (χ3n) is 4.57. The molecule has 1 fully saturated rings. The van der Waals surface area contributed by atoms with Crippen molar-refractivity contribution >= 4 is 35.0 Å². The summed E-state index contributed by atoms with van der Waals surface area (Å²) in [5.41, 5.74) is 1.12. The molecule has 0 spiro atoms. The highest BCUT2D eigenvalue weighted by atomic mass is 32.2. The van der Waals surface area contributed by atoms with E-state index in [-0.39, 0.29) is 17.2 Å². The van der Waals surface area contributed by atoms with E-state index in [1.54, 1.807) is 23.1 Å². The van der Waals surface area contributed by atoms with E-state index in [9.17, 15) is 14.7 Å². The fourth-order valence-electron chi connectivity index (χ4n) is 3.40. The molecule has 1 aliphatic heterocycles. The van der Waals surface area contributed by atoms with E-state index >= 15 is 0 Å². The fraction of sp³-hybridized carbons (Fsp3) is 0.625. The molecule has 1 unspecified atom stereocenters. The lowest BCUT2D eigenvalue weighted by atomic mass is 9.94. The molecule has 1 saturated carbocycles. The maximum absolute atomic E-state index is 12.7. The lowest BCUT2D eigenvalue weighted by Crippen LogP contribution is -2.44. The Balaban J connectivity index is 1.72. The molecule has 1 aromatic heterocycles. The lowest BCUT2D eigenvalue weighted by Gasteiger charge is -2.27. The van der Waals surface area contributed by atoms with Crippen LogP contribution < -0.4 is 5.32 Å². The van der Waals surface area contributed by atoms with Gasteiger partial charge in [-0.15, -0.1) is 23.1 Å². The van der Waals surface area contributed by atoms with Crippen LogP contribution in [-0.2, 0) is 16.0 Å². The maximum atomic E-state index is 12.7. The van der Waals surface area contributed by atoms with E-state index in [4.69, 9.17) is 0 Å². The molecule has 120 valence electrons. The van der Waals surface area contributed by atoms with Crippen LogP contribution in [0.15, 0.2) is 11.4 Å². The van der Waals surface area contributed by atoms with Crippen LogP contribution in [0.3, 0.4) is 0 Å². The third kappa shape index (κ3) is 3.33. The van der Waals surface area contributed by atoms with Crippen molar-refractivity contribution in [2.75, 3.05) is 5.75 Å². The van der Waals surface area contributed by atoms with Crippen molar-refractivity contribution in [2.45, 2.75) is 49.8 Å². The van der Waals surface area contributed by atoms with Gasteiger partial charge >= 0.3 is 5.97 Å². The van der Waals surface area contributed by atoms with Crippen LogP contribution in [0.5, 0.6) is 0 Å². The zero-order valence-electron chi connectivity index (χ0n) is 12.4. The van der Waals surface area contributed by atoms with E-state index in [0.29, 0.717) is 6.42 Å². The summed E-state index contributed by atoms with van der Waals surface area (Å²) in [7, 11) is 0. The first-order valence-corrected chi connectivity index (χ1v) is 9.80. The predicted molar refractivity (Wildman–Crippen MR) is 89.4 cm³/mol. The summed E-state index contributed by atoms with van der Waals surface area (Å²) in [6.07, 6.45) is 5.47. The molecule has 0 bridgehead atoms. The molecule has 3 rings (SSSR count). The van der Waals surface area contributed by atoms with Gasteiger partial charge in [-0.3, -0.25) is 9.59 Å². The lowest BCUT2D eigenvalue weighted by molar-refractivity contribution is -0.143. The van der Waals surface area contributed by atoms with Gasteiger partial charge in [-0.1, -0.05) is 19.3 Å². The number of aryl methyl sites for hydroxylation is 1. The summed E-state index contributed by atoms with van der Waals surface area (Å²) in [5, 5.41) is 14.4. The molecule has 0 saturated heterocycles. The predicted octanol–water partition coefficient (Wildman–Crippen LogP) is 3.23. The number of carbonyl (C=O) groups is 2. The van der Waals surface area contributed by atoms with E-state index in [1.165, 1.54) is 4.88 Å². The van der Waals surface area contributed by atoms with Crippen molar-refractivity contribution in [1.29, 1.82) is 0 Å². The molecule has 2 aliphatic rings. The highest BCUT2D eigenvalue weighted by Crippen LogP contribution is 2.39. The SMILES string of the molecule is O=C(N[C@H]1CCCCC[C@H]1C(=O)O)C1SCCc2sccc21. The molecule has 2 heterocycles. The van der Waals surface area contributed by atoms with Crippen molar-refractivity contribution < 1.29 is 14.7 Å². The Hall–Kier alpha value is -1.01. The standard InChI is InChI=1S/C16H21NO3S2/c18-15(14-11-6-8-21-13(11)7-9-22-14)17-12-5-3-1-2-4-10(12)16(19)20/h6,8,10,12,14H,1-5,7,9H2,(H,17,18)(H,19,20)/t10-,12+,14?/m1/s1. The van der Waals surface area contributed by atoms with Crippen LogP contribution >= 0.6 is 23.1 Å². The number of hydrogen-bond acceptors (Lipinski definition) is 4. The van der Waals surface area contributed by atoms with Gasteiger partial charge in [0.25, 0.3) is 0 Å². The number of carboxylic acid groups (broad SMARTS) is 1. The number of amides is 1. The molecule has 1 aromatic rings. The smallest absolute Gasteiger partial charge is 0.308 e. The van der Waals surface area contributed by atoms with Gasteiger partial charge < -0.3 is 10.4 Å². The van der Waals surface area contributed by atoms with Crippen molar-refractivity contribution in [1.82, 2.24) is 5.32 Å². The van der Waals surface area contributed by atoms with E-state index < -0.39 is 11.9 Å². The average Bonchev–Trinajstić information content (AvgIpc) is 2.86. The summed E-state index contributed by atoms with van der Waals surface area (Å²) >= 11 is 3.38. The first kappa shape index (κ1) is 15.9. The fourth-order valence-corrected chi connectivity index (χ4v) is 5.70. The van der Waals surface area contributed by atoms with Gasteiger partial charge in [-0.25, -0.2) is 0 Å². The maximum Gasteiger partial charge on any atom is 0.308 e. The zero-order valence-corrected chi connectivity index (χ0v) is 14.0. The second-order valence-corrected chi connectivity index (χ2v) is 8.21. The van der Waals surface area contributed by atoms with Crippen molar-refractivity contribution in [2.24, 2.45) is 5.92 Å². The number of hydrogen-bond donors (Lipinski definition) is 2. The highest BCUT2D eigenvalue weighted by Gasteiger charge is 2.34. The largest absolute Gasteiger partial charge is 0.481 e. The molecule has 4 nitrogen and oxygen atoms in total. The van der Waals surface area contributed by atoms with Crippen molar-refractivity contribution in [3.05, 3.63) is 21.9 Å². The van der Waals surface area contributed by atoms with E-state index in [2.05, 4.69) is 5.32 Å². The molecular formula is C16H21NO3S2. The normalized spacial score (nSPS) is 28.5. The van der Waals surface area contributed by atoms with E-state index in [1.807, 2.05) is 11.4 Å². The molecule has 6 heteroatoms. The Bertz CT molecular complexity index is 557. The van der Waals surface area contributed by atoms with Gasteiger partial charge in [0.15, 0.2) is 0 Å². The monoisotopic (exact) mass is 339 g/mol. The molecular weight excluding hydrogens is 318 g/mol. The summed E-state index contributed by atoms with van der Waals surface area (Å²) in [4.78, 5) is 25.5. The second-order valence-electron chi connectivity index (χ2n) is 6.00. The van der Waals surface area contributed by atoms with Gasteiger partial charge in [-0.2, -0.15) is 0 Å². The van der Waals surface area contributed by atoms with Gasteiger partial charge in [-0.05, 0) is 42.0 Å². The Morgan fingerprint density at radius 2 is 2.05 bits per heavy atom. The van der Waals surface area contributed by atoms with Crippen LogP contribution in [0, 0.1) is 5.92 Å². The Kier molecular flexibility index (Phi) is 5.08. The zero-order chi connectivity index (χ0) is 15.5. The van der Waals surface area contributed by atoms with Crippen molar-refractivity contribution in [3.8, 4) is 0 Å². The molecule has 1 aliphatic carbocycles. The quantitative estimate of drug-likeness (QED) is 0.830. The highest BCUT2D eigenvalue weighted by molar-refractivity contribution is 8.00. The number of carbonyl (C=O) groups excluding carboxylic acids is 1.